The van der Waals surface area contributed by atoms with Gasteiger partial charge in [-0.2, -0.15) is 30.7 Å². The maximum absolute atomic E-state index is 13.3. The average Bonchev–Trinajstić information content (AvgIpc) is 2.26. The molecule has 0 heterocycles. The van der Waals surface area contributed by atoms with E-state index in [0.717, 1.165) is 19.1 Å². The number of alkyl halides is 7. The van der Waals surface area contributed by atoms with Crippen molar-refractivity contribution in [2.75, 3.05) is 0 Å². The second-order valence-corrected chi connectivity index (χ2v) is 3.78. The first-order valence-corrected chi connectivity index (χ1v) is 5.01. The Kier molecular flexibility index (Phi) is 4.02. The van der Waals surface area contributed by atoms with Gasteiger partial charge in [-0.05, 0) is 19.1 Å². The fourth-order valence-electron chi connectivity index (χ4n) is 1.22. The van der Waals surface area contributed by atoms with Crippen LogP contribution in [0.2, 0.25) is 0 Å². The van der Waals surface area contributed by atoms with Crippen molar-refractivity contribution in [3.63, 3.8) is 0 Å². The van der Waals surface area contributed by atoms with Crippen molar-refractivity contribution in [1.29, 1.82) is 0 Å². The van der Waals surface area contributed by atoms with Crippen LogP contribution in [0.4, 0.5) is 30.7 Å². The van der Waals surface area contributed by atoms with Gasteiger partial charge in [0.15, 0.2) is 5.78 Å². The molecule has 2 nitrogen and oxygen atoms in total. The molecule has 0 aliphatic heterocycles. The summed E-state index contributed by atoms with van der Waals surface area (Å²) in [6.07, 6.45) is -12.6. The van der Waals surface area contributed by atoms with Crippen LogP contribution in [-0.4, -0.2) is 24.0 Å². The molecule has 20 heavy (non-hydrogen) atoms. The minimum atomic E-state index is -6.32. The standard InChI is InChI=1S/C11H7F7O2/c1-6(19)7-3-2-4-8(5-7)20-9(12,10(13,14)15)11(16,17)18/h2-5H,1H3. The molecular weight excluding hydrogens is 297 g/mol. The number of carbonyl (C=O) groups excluding carboxylic acids is 1. The lowest BCUT2D eigenvalue weighted by atomic mass is 10.1. The molecule has 0 atom stereocenters. The summed E-state index contributed by atoms with van der Waals surface area (Å²) in [4.78, 5) is 11.0. The molecule has 0 fully saturated rings. The normalized spacial score (nSPS) is 13.2. The van der Waals surface area contributed by atoms with Gasteiger partial charge in [0, 0.05) is 5.56 Å². The Labute approximate surface area is 108 Å². The molecule has 9 heteroatoms. The number of benzene rings is 1. The molecule has 1 rings (SSSR count). The lowest BCUT2D eigenvalue weighted by Gasteiger charge is -2.30. The topological polar surface area (TPSA) is 26.3 Å². The second-order valence-electron chi connectivity index (χ2n) is 3.78. The zero-order chi connectivity index (χ0) is 15.8. The molecule has 0 spiro atoms. The Morgan fingerprint density at radius 2 is 1.50 bits per heavy atom. The van der Waals surface area contributed by atoms with Gasteiger partial charge in [-0.15, -0.1) is 0 Å². The van der Waals surface area contributed by atoms with Crippen LogP contribution in [0.3, 0.4) is 0 Å². The van der Waals surface area contributed by atoms with Gasteiger partial charge in [0.2, 0.25) is 0 Å². The van der Waals surface area contributed by atoms with Crippen LogP contribution in [0.5, 0.6) is 5.75 Å². The Morgan fingerprint density at radius 3 is 1.90 bits per heavy atom. The molecule has 0 aliphatic rings. The zero-order valence-electron chi connectivity index (χ0n) is 9.77. The van der Waals surface area contributed by atoms with E-state index in [-0.39, 0.29) is 5.56 Å². The molecular formula is C11H7F7O2. The number of carbonyl (C=O) groups is 1. The maximum atomic E-state index is 13.3. The summed E-state index contributed by atoms with van der Waals surface area (Å²) in [5, 5.41) is 0. The fourth-order valence-corrected chi connectivity index (χ4v) is 1.22. The Hall–Kier alpha value is -1.80. The summed E-state index contributed by atoms with van der Waals surface area (Å²) in [5.41, 5.74) is -0.214. The lowest BCUT2D eigenvalue weighted by molar-refractivity contribution is -0.405. The largest absolute Gasteiger partial charge is 0.470 e. The molecule has 0 N–H and O–H groups in total. The first-order valence-electron chi connectivity index (χ1n) is 5.01. The molecule has 0 saturated heterocycles. The molecule has 0 saturated carbocycles. The van der Waals surface area contributed by atoms with Crippen LogP contribution < -0.4 is 4.74 Å². The zero-order valence-corrected chi connectivity index (χ0v) is 9.77. The molecule has 1 aromatic rings. The van der Waals surface area contributed by atoms with E-state index in [0.29, 0.717) is 12.1 Å². The molecule has 0 unspecified atom stereocenters. The van der Waals surface area contributed by atoms with Gasteiger partial charge in [-0.1, -0.05) is 12.1 Å². The Morgan fingerprint density at radius 1 is 1.00 bits per heavy atom. The highest BCUT2D eigenvalue weighted by molar-refractivity contribution is 5.94. The van der Waals surface area contributed by atoms with Gasteiger partial charge < -0.3 is 4.74 Å². The van der Waals surface area contributed by atoms with Gasteiger partial charge in [-0.25, -0.2) is 0 Å². The van der Waals surface area contributed by atoms with E-state index in [2.05, 4.69) is 4.74 Å². The van der Waals surface area contributed by atoms with Crippen LogP contribution in [0.25, 0.3) is 0 Å². The van der Waals surface area contributed by atoms with E-state index in [1.807, 2.05) is 0 Å². The third kappa shape index (κ3) is 3.02. The summed E-state index contributed by atoms with van der Waals surface area (Å²) in [6, 6.07) is 3.38. The van der Waals surface area contributed by atoms with Crippen LogP contribution >= 0.6 is 0 Å². The predicted octanol–water partition coefficient (Wildman–Crippen LogP) is 4.06. The van der Waals surface area contributed by atoms with Gasteiger partial charge in [0.25, 0.3) is 0 Å². The number of Topliss-reactive ketones (excluding diaryl/α,β-unsaturated/α-hetero) is 1. The quantitative estimate of drug-likeness (QED) is 0.622. The first kappa shape index (κ1) is 16.3. The van der Waals surface area contributed by atoms with Gasteiger partial charge in [0.05, 0.1) is 0 Å². The summed E-state index contributed by atoms with van der Waals surface area (Å²) >= 11 is 0. The Bertz CT molecular complexity index is 490. The van der Waals surface area contributed by atoms with Crippen molar-refractivity contribution < 1.29 is 40.3 Å². The molecule has 0 aliphatic carbocycles. The molecule has 1 aromatic carbocycles. The summed E-state index contributed by atoms with van der Waals surface area (Å²) in [6.45, 7) is 1.04. The lowest BCUT2D eigenvalue weighted by Crippen LogP contribution is -2.57. The number of ether oxygens (including phenoxy) is 1. The SMILES string of the molecule is CC(=O)c1cccc(OC(F)(C(F)(F)F)C(F)(F)F)c1. The summed E-state index contributed by atoms with van der Waals surface area (Å²) in [7, 11) is 0. The molecule has 0 bridgehead atoms. The molecule has 0 amide bonds. The third-order valence-corrected chi connectivity index (χ3v) is 2.23. The highest BCUT2D eigenvalue weighted by atomic mass is 19.4. The third-order valence-electron chi connectivity index (χ3n) is 2.23. The van der Waals surface area contributed by atoms with Gasteiger partial charge in [-0.3, -0.25) is 4.79 Å². The molecule has 0 radical (unpaired) electrons. The minimum absolute atomic E-state index is 0.214. The van der Waals surface area contributed by atoms with Crippen molar-refractivity contribution in [1.82, 2.24) is 0 Å². The van der Waals surface area contributed by atoms with Crippen molar-refractivity contribution in [3.05, 3.63) is 29.8 Å². The van der Waals surface area contributed by atoms with Crippen LogP contribution in [0, 0.1) is 0 Å². The number of ketones is 1. The highest BCUT2D eigenvalue weighted by Gasteiger charge is 2.76. The summed E-state index contributed by atoms with van der Waals surface area (Å²) < 4.78 is 90.3. The highest BCUT2D eigenvalue weighted by Crippen LogP contribution is 2.47. The van der Waals surface area contributed by atoms with Crippen molar-refractivity contribution in [3.8, 4) is 5.75 Å². The van der Waals surface area contributed by atoms with E-state index in [4.69, 9.17) is 0 Å². The van der Waals surface area contributed by atoms with E-state index < -0.39 is 29.7 Å². The predicted molar refractivity (Wildman–Crippen MR) is 53.0 cm³/mol. The van der Waals surface area contributed by atoms with Crippen LogP contribution in [0.1, 0.15) is 17.3 Å². The smallest absolute Gasteiger partial charge is 0.444 e. The Balaban J connectivity index is 3.22. The van der Waals surface area contributed by atoms with Crippen molar-refractivity contribution in [2.24, 2.45) is 0 Å². The number of halogens is 7. The van der Waals surface area contributed by atoms with E-state index in [9.17, 15) is 35.5 Å². The number of hydrogen-bond donors (Lipinski definition) is 0. The average molecular weight is 304 g/mol. The van der Waals surface area contributed by atoms with Crippen molar-refractivity contribution >= 4 is 5.78 Å². The fraction of sp³-hybridized carbons (Fsp3) is 0.364. The van der Waals surface area contributed by atoms with E-state index >= 15 is 0 Å². The first-order chi connectivity index (χ1) is 8.88. The monoisotopic (exact) mass is 304 g/mol. The van der Waals surface area contributed by atoms with E-state index in [1.165, 1.54) is 0 Å². The maximum Gasteiger partial charge on any atom is 0.470 e. The minimum Gasteiger partial charge on any atom is -0.444 e. The summed E-state index contributed by atoms with van der Waals surface area (Å²) in [5.74, 6) is -7.54. The van der Waals surface area contributed by atoms with Crippen molar-refractivity contribution in [2.45, 2.75) is 25.1 Å². The molecule has 112 valence electrons. The van der Waals surface area contributed by atoms with Gasteiger partial charge >= 0.3 is 18.2 Å². The van der Waals surface area contributed by atoms with E-state index in [1.54, 1.807) is 0 Å². The second kappa shape index (κ2) is 4.95. The van der Waals surface area contributed by atoms with Crippen LogP contribution in [-0.2, 0) is 0 Å². The van der Waals surface area contributed by atoms with Gasteiger partial charge in [0.1, 0.15) is 5.75 Å². The number of rotatable bonds is 3. The van der Waals surface area contributed by atoms with Crippen LogP contribution in [0.15, 0.2) is 24.3 Å². The molecule has 0 aromatic heterocycles. The number of hydrogen-bond acceptors (Lipinski definition) is 2.